The Labute approximate surface area is 620 Å². The summed E-state index contributed by atoms with van der Waals surface area (Å²) < 4.78 is 0. The van der Waals surface area contributed by atoms with Crippen molar-refractivity contribution in [1.82, 2.24) is 0 Å². The summed E-state index contributed by atoms with van der Waals surface area (Å²) in [5, 5.41) is 4.44. The van der Waals surface area contributed by atoms with Crippen LogP contribution in [0.2, 0.25) is 0 Å². The highest BCUT2D eigenvalue weighted by atomic mass is 127. The first-order valence-corrected chi connectivity index (χ1v) is 43.5. The van der Waals surface area contributed by atoms with Gasteiger partial charge < -0.3 is 33.6 Å². The van der Waals surface area contributed by atoms with Gasteiger partial charge in [-0.05, 0) is 200 Å². The van der Waals surface area contributed by atoms with Gasteiger partial charge in [0.15, 0.2) is 0 Å². The Morgan fingerprint density at radius 1 is 0.320 bits per heavy atom. The van der Waals surface area contributed by atoms with Gasteiger partial charge in [-0.2, -0.15) is 0 Å². The molecule has 5 rings (SSSR count). The Morgan fingerprint density at radius 3 is 0.835 bits per heavy atom. The molecule has 0 bridgehead atoms. The zero-order valence-electron chi connectivity index (χ0n) is 64.1. The van der Waals surface area contributed by atoms with Crippen molar-refractivity contribution < 1.29 is 33.6 Å². The standard InChI is InChI=1S/C42H76.C27H32P.C24H44O2.HI/c1-4-6-8-10-12-14-16-18-20-22-24-26-28-30-32-34-37-42(39-36-41(3)40-42)38-35-33-31-29-27-25-23-21-19-17-15-13-11-9-7-5-2;1-2-3-4-5-6-7-17-24-28(25-18-11-8-12-19-25,26-20-13-9-14-21-26)27-22-15-10-16-23-27;1-23-16-19-24(22-23,17-12-8-4-2-6-10-14-20-25)18-13-9-5-3-7-11-15-21-26;/h12-15,18-21,41H,4-11,16-17,22-40H2,1-3H3;6-16,18-23H,2-5,17,24H2,1H3;20-21,23H,2-19,22H2,1H3;1H/q;+1;;/p-1/b14-12-,15-13-,20-18-,21-19-;7-6-;;. The lowest BCUT2D eigenvalue weighted by Crippen LogP contribution is -3.00. The smallest absolute Gasteiger partial charge is 0.119 e. The van der Waals surface area contributed by atoms with Gasteiger partial charge in [0, 0.05) is 19.3 Å². The molecule has 0 amide bonds. The number of hydrogen-bond donors (Lipinski definition) is 0. The molecule has 3 aromatic carbocycles. The summed E-state index contributed by atoms with van der Waals surface area (Å²) in [6, 6.07) is 33.5. The lowest BCUT2D eigenvalue weighted by Gasteiger charge is -2.30. The molecule has 0 aromatic heterocycles. The van der Waals surface area contributed by atoms with Crippen LogP contribution in [0.1, 0.15) is 375 Å². The van der Waals surface area contributed by atoms with Gasteiger partial charge in [-0.15, -0.1) is 0 Å². The summed E-state index contributed by atoms with van der Waals surface area (Å²) in [6.07, 6.45) is 98.0. The number of allylic oxidation sites excluding steroid dienone is 10. The number of carbonyl (C=O) groups is 2. The van der Waals surface area contributed by atoms with Crippen LogP contribution in [-0.4, -0.2) is 18.7 Å². The predicted molar refractivity (Wildman–Crippen MR) is 433 cm³/mol. The third-order valence-corrected chi connectivity index (χ3v) is 26.1. The molecule has 0 saturated heterocycles. The molecule has 2 unspecified atom stereocenters. The van der Waals surface area contributed by atoms with Crippen LogP contribution in [0.5, 0.6) is 0 Å². The SMILES string of the molecule is CC1CCC(CCCCCCCCC=O)(CCCCCCCCC=O)C1.CCCCC/C=C\C/C=C\CCCCCCCCC1(CCCCCCCC/C=C\C/C=C\CCCCC)CCC(C)C1.CCCCC/C=C\CC[P+](c1ccccc1)(c1ccccc1)c1ccccc1.[I-]. The van der Waals surface area contributed by atoms with Crippen LogP contribution in [-0.2, 0) is 9.59 Å². The first-order valence-electron chi connectivity index (χ1n) is 41.5. The van der Waals surface area contributed by atoms with E-state index < -0.39 is 7.26 Å². The largest absolute Gasteiger partial charge is 1.00 e. The first kappa shape index (κ1) is 89.9. The van der Waals surface area contributed by atoms with E-state index in [9.17, 15) is 9.59 Å². The molecule has 0 aliphatic heterocycles. The fraction of sp³-hybridized carbons (Fsp3) is 0.677. The summed E-state index contributed by atoms with van der Waals surface area (Å²) in [6.45, 7) is 11.8. The minimum atomic E-state index is -1.67. The summed E-state index contributed by atoms with van der Waals surface area (Å²) >= 11 is 0. The van der Waals surface area contributed by atoms with Crippen LogP contribution < -0.4 is 39.9 Å². The lowest BCUT2D eigenvalue weighted by atomic mass is 9.76. The van der Waals surface area contributed by atoms with Gasteiger partial charge >= 0.3 is 0 Å². The molecule has 2 saturated carbocycles. The molecular formula is C93H152IO2P. The van der Waals surface area contributed by atoms with Crippen molar-refractivity contribution in [2.45, 2.75) is 375 Å². The van der Waals surface area contributed by atoms with Gasteiger partial charge in [-0.25, -0.2) is 0 Å². The molecule has 2 fully saturated rings. The van der Waals surface area contributed by atoms with Crippen molar-refractivity contribution in [3.8, 4) is 0 Å². The maximum Gasteiger partial charge on any atom is 0.119 e. The van der Waals surface area contributed by atoms with E-state index >= 15 is 0 Å². The van der Waals surface area contributed by atoms with Gasteiger partial charge in [-0.1, -0.05) is 330 Å². The monoisotopic (exact) mass is 1460 g/mol. The zero-order valence-corrected chi connectivity index (χ0v) is 67.1. The van der Waals surface area contributed by atoms with Gasteiger partial charge in [0.25, 0.3) is 0 Å². The van der Waals surface area contributed by atoms with Crippen molar-refractivity contribution in [3.63, 3.8) is 0 Å². The Hall–Kier alpha value is -3.14. The van der Waals surface area contributed by atoms with Crippen LogP contribution in [0.4, 0.5) is 0 Å². The fourth-order valence-electron chi connectivity index (χ4n) is 15.9. The van der Waals surface area contributed by atoms with Crippen LogP contribution in [0, 0.1) is 22.7 Å². The number of rotatable bonds is 58. The molecule has 2 aliphatic carbocycles. The second-order valence-corrected chi connectivity index (χ2v) is 33.9. The van der Waals surface area contributed by atoms with Gasteiger partial charge in [-0.3, -0.25) is 0 Å². The van der Waals surface area contributed by atoms with Crippen molar-refractivity contribution >= 4 is 35.7 Å². The first-order chi connectivity index (χ1) is 47.3. The van der Waals surface area contributed by atoms with Crippen molar-refractivity contribution in [1.29, 1.82) is 0 Å². The molecule has 0 N–H and O–H groups in total. The summed E-state index contributed by atoms with van der Waals surface area (Å²) in [7, 11) is -1.67. The Balaban J connectivity index is 0.000000511. The Kier molecular flexibility index (Phi) is 59.1. The third kappa shape index (κ3) is 44.8. The molecule has 548 valence electrons. The minimum absolute atomic E-state index is 0. The van der Waals surface area contributed by atoms with Crippen molar-refractivity contribution in [3.05, 3.63) is 152 Å². The molecule has 4 heteroatoms. The minimum Gasteiger partial charge on any atom is -1.00 e. The van der Waals surface area contributed by atoms with E-state index in [2.05, 4.69) is 186 Å². The average Bonchev–Trinajstić information content (AvgIpc) is 1.51. The highest BCUT2D eigenvalue weighted by Gasteiger charge is 2.44. The second-order valence-electron chi connectivity index (χ2n) is 30.3. The number of unbranched alkanes of at least 4 members (excludes halogenated alkanes) is 33. The number of benzene rings is 3. The number of carbonyl (C=O) groups excluding carboxylic acids is 2. The maximum absolute atomic E-state index is 10.3. The van der Waals surface area contributed by atoms with Gasteiger partial charge in [0.2, 0.25) is 0 Å². The van der Waals surface area contributed by atoms with Crippen LogP contribution >= 0.6 is 7.26 Å². The lowest BCUT2D eigenvalue weighted by molar-refractivity contribution is -0.108. The summed E-state index contributed by atoms with van der Waals surface area (Å²) in [4.78, 5) is 20.6. The topological polar surface area (TPSA) is 34.1 Å². The fourth-order valence-corrected chi connectivity index (χ4v) is 20.1. The molecule has 2 aliphatic rings. The number of halogens is 1. The van der Waals surface area contributed by atoms with E-state index in [0.29, 0.717) is 10.8 Å². The normalized spacial score (nSPS) is 15.9. The molecule has 2 nitrogen and oxygen atoms in total. The Morgan fingerprint density at radius 2 is 0.567 bits per heavy atom. The van der Waals surface area contributed by atoms with Crippen LogP contribution in [0.15, 0.2) is 152 Å². The average molecular weight is 1460 g/mol. The van der Waals surface area contributed by atoms with E-state index in [1.54, 1.807) is 0 Å². The van der Waals surface area contributed by atoms with E-state index in [0.717, 1.165) is 69.4 Å². The number of hydrogen-bond acceptors (Lipinski definition) is 2. The van der Waals surface area contributed by atoms with Crippen LogP contribution in [0.3, 0.4) is 0 Å². The quantitative estimate of drug-likeness (QED) is 0.0186. The third-order valence-electron chi connectivity index (χ3n) is 21.6. The van der Waals surface area contributed by atoms with E-state index in [1.165, 1.54) is 317 Å². The molecule has 97 heavy (non-hydrogen) atoms. The molecule has 2 atom stereocenters. The summed E-state index contributed by atoms with van der Waals surface area (Å²) in [5.41, 5.74) is 1.37. The second kappa shape index (κ2) is 63.8. The molecule has 0 spiro atoms. The van der Waals surface area contributed by atoms with Crippen molar-refractivity contribution in [2.75, 3.05) is 6.16 Å². The molecule has 0 radical (unpaired) electrons. The van der Waals surface area contributed by atoms with Crippen molar-refractivity contribution in [2.24, 2.45) is 22.7 Å². The highest BCUT2D eigenvalue weighted by molar-refractivity contribution is 7.95. The van der Waals surface area contributed by atoms with Crippen LogP contribution in [0.25, 0.3) is 0 Å². The maximum atomic E-state index is 10.3. The van der Waals surface area contributed by atoms with E-state index in [-0.39, 0.29) is 24.0 Å². The predicted octanol–water partition coefficient (Wildman–Crippen LogP) is 26.1. The van der Waals surface area contributed by atoms with Gasteiger partial charge in [0.05, 0.1) is 6.16 Å². The Bertz CT molecular complexity index is 2180. The molecular weight excluding hydrogens is 1310 g/mol. The zero-order chi connectivity index (χ0) is 68.7. The molecule has 0 heterocycles. The highest BCUT2D eigenvalue weighted by Crippen LogP contribution is 2.56. The molecule has 3 aromatic rings. The number of aldehydes is 2. The van der Waals surface area contributed by atoms with E-state index in [1.807, 2.05) is 0 Å². The van der Waals surface area contributed by atoms with E-state index in [4.69, 9.17) is 0 Å². The summed E-state index contributed by atoms with van der Waals surface area (Å²) in [5.74, 6) is 1.90. The van der Waals surface area contributed by atoms with Gasteiger partial charge in [0.1, 0.15) is 35.7 Å².